The number of nitrogens with one attached hydrogen (secondary N) is 1. The monoisotopic (exact) mass is 266 g/mol. The van der Waals surface area contributed by atoms with Gasteiger partial charge in [-0.15, -0.1) is 0 Å². The molecule has 2 aromatic rings. The average Bonchev–Trinajstić information content (AvgIpc) is 2.34. The second-order valence-corrected chi connectivity index (χ2v) is 4.28. The highest BCUT2D eigenvalue weighted by Crippen LogP contribution is 2.22. The number of rotatable bonds is 3. The van der Waals surface area contributed by atoms with Gasteiger partial charge in [0.2, 0.25) is 5.95 Å². The number of nitrogens with two attached hydrogens (primary N) is 1. The molecular formula is C12H12ClFN4. The van der Waals surface area contributed by atoms with Gasteiger partial charge in [-0.3, -0.25) is 0 Å². The van der Waals surface area contributed by atoms with E-state index >= 15 is 0 Å². The van der Waals surface area contributed by atoms with Gasteiger partial charge in [-0.25, -0.2) is 9.37 Å². The van der Waals surface area contributed by atoms with Crippen molar-refractivity contribution in [2.75, 3.05) is 11.1 Å². The number of aromatic nitrogens is 2. The van der Waals surface area contributed by atoms with E-state index in [2.05, 4.69) is 15.3 Å². The van der Waals surface area contributed by atoms with Crippen LogP contribution in [0.5, 0.6) is 0 Å². The molecule has 0 aliphatic rings. The predicted octanol–water partition coefficient (Wildman–Crippen LogP) is 3.02. The van der Waals surface area contributed by atoms with Crippen molar-refractivity contribution in [3.05, 3.63) is 46.9 Å². The van der Waals surface area contributed by atoms with Gasteiger partial charge in [-0.05, 0) is 24.6 Å². The fraction of sp³-hybridized carbons (Fsp3) is 0.167. The molecule has 0 aliphatic heterocycles. The molecule has 18 heavy (non-hydrogen) atoms. The van der Waals surface area contributed by atoms with Gasteiger partial charge in [-0.1, -0.05) is 23.7 Å². The van der Waals surface area contributed by atoms with Crippen LogP contribution in [0.3, 0.4) is 0 Å². The molecule has 0 fully saturated rings. The molecule has 1 aromatic carbocycles. The van der Waals surface area contributed by atoms with Crippen LogP contribution in [0.15, 0.2) is 30.5 Å². The molecular weight excluding hydrogens is 255 g/mol. The second kappa shape index (κ2) is 5.18. The topological polar surface area (TPSA) is 63.8 Å². The quantitative estimate of drug-likeness (QED) is 0.896. The van der Waals surface area contributed by atoms with Gasteiger partial charge in [-0.2, -0.15) is 4.98 Å². The first-order valence-corrected chi connectivity index (χ1v) is 5.74. The summed E-state index contributed by atoms with van der Waals surface area (Å²) in [4.78, 5) is 7.37. The number of nitrogens with zero attached hydrogens (tertiary/aromatic N) is 2. The molecule has 3 N–H and O–H groups in total. The van der Waals surface area contributed by atoms with Gasteiger partial charge in [0.15, 0.2) is 11.6 Å². The molecule has 1 heterocycles. The third-order valence-corrected chi connectivity index (χ3v) is 2.70. The Morgan fingerprint density at radius 3 is 2.94 bits per heavy atom. The molecule has 0 radical (unpaired) electrons. The third kappa shape index (κ3) is 2.87. The van der Waals surface area contributed by atoms with E-state index in [1.165, 1.54) is 0 Å². The van der Waals surface area contributed by atoms with E-state index in [4.69, 9.17) is 17.3 Å². The molecule has 0 saturated carbocycles. The van der Waals surface area contributed by atoms with Gasteiger partial charge in [0, 0.05) is 5.02 Å². The van der Waals surface area contributed by atoms with Gasteiger partial charge in [0.1, 0.15) is 0 Å². The molecule has 0 bridgehead atoms. The van der Waals surface area contributed by atoms with Gasteiger partial charge in [0.05, 0.1) is 12.2 Å². The Kier molecular flexibility index (Phi) is 3.62. The molecule has 1 unspecified atom stereocenters. The number of hydrogen-bond donors (Lipinski definition) is 2. The van der Waals surface area contributed by atoms with Crippen molar-refractivity contribution in [2.45, 2.75) is 13.0 Å². The lowest BCUT2D eigenvalue weighted by Gasteiger charge is -2.15. The van der Waals surface area contributed by atoms with E-state index in [0.29, 0.717) is 5.02 Å². The number of nitrogen functional groups attached to an aromatic ring is 1. The molecule has 1 aromatic heterocycles. The van der Waals surface area contributed by atoms with Crippen LogP contribution in [0.25, 0.3) is 0 Å². The first kappa shape index (κ1) is 12.6. The van der Waals surface area contributed by atoms with Gasteiger partial charge < -0.3 is 11.1 Å². The van der Waals surface area contributed by atoms with Crippen molar-refractivity contribution >= 4 is 23.4 Å². The molecule has 1 atom stereocenters. The molecule has 4 nitrogen and oxygen atoms in total. The minimum Gasteiger partial charge on any atom is -0.368 e. The number of hydrogen-bond acceptors (Lipinski definition) is 4. The lowest BCUT2D eigenvalue weighted by molar-refractivity contribution is 0.614. The molecule has 0 aliphatic carbocycles. The lowest BCUT2D eigenvalue weighted by Crippen LogP contribution is -2.11. The average molecular weight is 267 g/mol. The fourth-order valence-corrected chi connectivity index (χ4v) is 1.75. The highest BCUT2D eigenvalue weighted by molar-refractivity contribution is 6.30. The molecule has 0 spiro atoms. The maximum Gasteiger partial charge on any atom is 0.222 e. The molecule has 0 saturated heterocycles. The van der Waals surface area contributed by atoms with Crippen molar-refractivity contribution in [1.82, 2.24) is 9.97 Å². The third-order valence-electron chi connectivity index (χ3n) is 2.46. The normalized spacial score (nSPS) is 12.2. The largest absolute Gasteiger partial charge is 0.368 e. The van der Waals surface area contributed by atoms with E-state index in [0.717, 1.165) is 11.8 Å². The number of anilines is 2. The van der Waals surface area contributed by atoms with Gasteiger partial charge >= 0.3 is 0 Å². The molecule has 0 amide bonds. The zero-order chi connectivity index (χ0) is 13.1. The maximum atomic E-state index is 13.5. The first-order chi connectivity index (χ1) is 8.56. The Labute approximate surface area is 109 Å². The van der Waals surface area contributed by atoms with Crippen molar-refractivity contribution in [2.24, 2.45) is 0 Å². The summed E-state index contributed by atoms with van der Waals surface area (Å²) in [6.45, 7) is 1.88. The van der Waals surface area contributed by atoms with Crippen molar-refractivity contribution in [1.29, 1.82) is 0 Å². The first-order valence-electron chi connectivity index (χ1n) is 5.36. The summed E-state index contributed by atoms with van der Waals surface area (Å²) in [5.41, 5.74) is 6.35. The molecule has 2 rings (SSSR count). The number of benzene rings is 1. The smallest absolute Gasteiger partial charge is 0.222 e. The van der Waals surface area contributed by atoms with E-state index in [1.54, 1.807) is 6.07 Å². The Balaban J connectivity index is 2.21. The zero-order valence-corrected chi connectivity index (χ0v) is 10.4. The number of halogens is 2. The van der Waals surface area contributed by atoms with Crippen molar-refractivity contribution in [3.63, 3.8) is 0 Å². The van der Waals surface area contributed by atoms with E-state index in [9.17, 15) is 4.39 Å². The van der Waals surface area contributed by atoms with Crippen LogP contribution >= 0.6 is 11.6 Å². The Morgan fingerprint density at radius 1 is 1.44 bits per heavy atom. The Morgan fingerprint density at radius 2 is 2.22 bits per heavy atom. The zero-order valence-electron chi connectivity index (χ0n) is 9.69. The van der Waals surface area contributed by atoms with Crippen LogP contribution in [0, 0.1) is 5.82 Å². The molecule has 94 valence electrons. The summed E-state index contributed by atoms with van der Waals surface area (Å²) < 4.78 is 13.5. The van der Waals surface area contributed by atoms with Crippen LogP contribution in [-0.2, 0) is 0 Å². The minimum absolute atomic E-state index is 0.0252. The van der Waals surface area contributed by atoms with E-state index in [1.807, 2.05) is 25.1 Å². The van der Waals surface area contributed by atoms with E-state index in [-0.39, 0.29) is 17.8 Å². The maximum absolute atomic E-state index is 13.5. The Bertz CT molecular complexity index is 562. The SMILES string of the molecule is CC(Nc1nc(N)ncc1F)c1cccc(Cl)c1. The van der Waals surface area contributed by atoms with Gasteiger partial charge in [0.25, 0.3) is 0 Å². The summed E-state index contributed by atoms with van der Waals surface area (Å²) in [5, 5.41) is 3.56. The summed E-state index contributed by atoms with van der Waals surface area (Å²) in [6.07, 6.45) is 1.04. The highest BCUT2D eigenvalue weighted by atomic mass is 35.5. The Hall–Kier alpha value is -1.88. The highest BCUT2D eigenvalue weighted by Gasteiger charge is 2.11. The summed E-state index contributed by atoms with van der Waals surface area (Å²) in [7, 11) is 0. The van der Waals surface area contributed by atoms with Crippen LogP contribution < -0.4 is 11.1 Å². The van der Waals surface area contributed by atoms with Crippen LogP contribution in [-0.4, -0.2) is 9.97 Å². The summed E-state index contributed by atoms with van der Waals surface area (Å²) in [6, 6.07) is 7.17. The minimum atomic E-state index is -0.543. The van der Waals surface area contributed by atoms with Crippen LogP contribution in [0.4, 0.5) is 16.2 Å². The van der Waals surface area contributed by atoms with Crippen molar-refractivity contribution < 1.29 is 4.39 Å². The van der Waals surface area contributed by atoms with Crippen molar-refractivity contribution in [3.8, 4) is 0 Å². The van der Waals surface area contributed by atoms with E-state index < -0.39 is 5.82 Å². The standard InChI is InChI=1S/C12H12ClFN4/c1-7(8-3-2-4-9(13)5-8)17-11-10(14)6-16-12(15)18-11/h2-7H,1H3,(H3,15,16,17,18). The summed E-state index contributed by atoms with van der Waals surface area (Å²) in [5.74, 6) is -0.440. The fourth-order valence-electron chi connectivity index (χ4n) is 1.55. The predicted molar refractivity (Wildman–Crippen MR) is 69.9 cm³/mol. The van der Waals surface area contributed by atoms with Crippen LogP contribution in [0.2, 0.25) is 5.02 Å². The summed E-state index contributed by atoms with van der Waals surface area (Å²) >= 11 is 5.90. The lowest BCUT2D eigenvalue weighted by atomic mass is 10.1. The second-order valence-electron chi connectivity index (χ2n) is 3.85. The molecule has 6 heteroatoms. The van der Waals surface area contributed by atoms with Crippen LogP contribution in [0.1, 0.15) is 18.5 Å².